The van der Waals surface area contributed by atoms with E-state index in [2.05, 4.69) is 42.6 Å². The van der Waals surface area contributed by atoms with Crippen LogP contribution in [0.4, 0.5) is 5.82 Å². The third-order valence-electron chi connectivity index (χ3n) is 2.64. The molecule has 1 saturated carbocycles. The Balaban J connectivity index is 2.37. The van der Waals surface area contributed by atoms with Gasteiger partial charge in [-0.2, -0.15) is 0 Å². The van der Waals surface area contributed by atoms with Crippen molar-refractivity contribution in [1.29, 1.82) is 0 Å². The molecule has 1 aromatic rings. The van der Waals surface area contributed by atoms with Crippen molar-refractivity contribution in [3.05, 3.63) is 17.1 Å². The Hall–Kier alpha value is -1.56. The molecule has 1 aromatic heterocycles. The molecule has 1 heterocycles. The molecular formula is C14H19N3. The summed E-state index contributed by atoms with van der Waals surface area (Å²) in [5.41, 5.74) is 7.61. The first kappa shape index (κ1) is 11.9. The summed E-state index contributed by atoms with van der Waals surface area (Å²) in [6, 6.07) is 0. The molecule has 0 saturated heterocycles. The number of aromatic nitrogens is 2. The number of hydrogen-bond acceptors (Lipinski definition) is 3. The minimum Gasteiger partial charge on any atom is -0.383 e. The van der Waals surface area contributed by atoms with Gasteiger partial charge in [0.2, 0.25) is 0 Å². The van der Waals surface area contributed by atoms with Gasteiger partial charge in [-0.15, -0.1) is 0 Å². The first-order valence-corrected chi connectivity index (χ1v) is 6.04. The molecule has 0 amide bonds. The van der Waals surface area contributed by atoms with Crippen molar-refractivity contribution in [2.24, 2.45) is 5.41 Å². The molecule has 0 aliphatic heterocycles. The Bertz CT molecular complexity index is 473. The number of aryl methyl sites for hydroxylation is 1. The Morgan fingerprint density at radius 2 is 1.88 bits per heavy atom. The van der Waals surface area contributed by atoms with E-state index in [4.69, 9.17) is 5.73 Å². The molecule has 2 N–H and O–H groups in total. The highest BCUT2D eigenvalue weighted by atomic mass is 15.0. The molecule has 0 unspecified atom stereocenters. The van der Waals surface area contributed by atoms with Crippen molar-refractivity contribution in [3.8, 4) is 11.8 Å². The van der Waals surface area contributed by atoms with E-state index in [1.807, 2.05) is 6.92 Å². The van der Waals surface area contributed by atoms with Gasteiger partial charge in [0.05, 0.1) is 11.3 Å². The fourth-order valence-electron chi connectivity index (χ4n) is 1.55. The molecule has 17 heavy (non-hydrogen) atoms. The summed E-state index contributed by atoms with van der Waals surface area (Å²) in [5.74, 6) is 8.22. The first-order valence-electron chi connectivity index (χ1n) is 6.04. The Labute approximate surface area is 103 Å². The molecule has 0 atom stereocenters. The van der Waals surface area contributed by atoms with Crippen LogP contribution in [-0.4, -0.2) is 9.97 Å². The smallest absolute Gasteiger partial charge is 0.143 e. The molecule has 3 heteroatoms. The van der Waals surface area contributed by atoms with Gasteiger partial charge in [-0.1, -0.05) is 11.8 Å². The van der Waals surface area contributed by atoms with Crippen LogP contribution in [0, 0.1) is 24.2 Å². The molecule has 1 aliphatic carbocycles. The zero-order chi connectivity index (χ0) is 12.6. The molecule has 1 aliphatic rings. The van der Waals surface area contributed by atoms with Gasteiger partial charge in [-0.3, -0.25) is 0 Å². The zero-order valence-corrected chi connectivity index (χ0v) is 11.0. The topological polar surface area (TPSA) is 51.8 Å². The number of rotatable bonds is 1. The van der Waals surface area contributed by atoms with Gasteiger partial charge in [0.1, 0.15) is 11.6 Å². The van der Waals surface area contributed by atoms with Gasteiger partial charge < -0.3 is 5.73 Å². The van der Waals surface area contributed by atoms with E-state index in [0.29, 0.717) is 11.7 Å². The van der Waals surface area contributed by atoms with Gasteiger partial charge in [-0.05, 0) is 40.5 Å². The van der Waals surface area contributed by atoms with Crippen LogP contribution in [-0.2, 0) is 0 Å². The average Bonchev–Trinajstić information content (AvgIpc) is 2.96. The van der Waals surface area contributed by atoms with Crippen LogP contribution in [0.2, 0.25) is 0 Å². The van der Waals surface area contributed by atoms with Crippen LogP contribution in [0.5, 0.6) is 0 Å². The van der Waals surface area contributed by atoms with Crippen LogP contribution in [0.15, 0.2) is 0 Å². The van der Waals surface area contributed by atoms with Gasteiger partial charge in [0.15, 0.2) is 0 Å². The quantitative estimate of drug-likeness (QED) is 0.753. The normalized spacial score (nSPS) is 15.3. The summed E-state index contributed by atoms with van der Waals surface area (Å²) < 4.78 is 0. The second kappa shape index (κ2) is 4.03. The highest BCUT2D eigenvalue weighted by Crippen LogP contribution is 2.38. The van der Waals surface area contributed by atoms with E-state index in [1.165, 1.54) is 12.8 Å². The first-order chi connectivity index (χ1) is 7.87. The lowest BCUT2D eigenvalue weighted by atomic mass is 9.97. The van der Waals surface area contributed by atoms with E-state index in [9.17, 15) is 0 Å². The number of nitrogen functional groups attached to an aromatic ring is 1. The molecule has 0 aromatic carbocycles. The van der Waals surface area contributed by atoms with Gasteiger partial charge in [0, 0.05) is 11.3 Å². The molecule has 0 bridgehead atoms. The average molecular weight is 229 g/mol. The Kier molecular flexibility index (Phi) is 2.82. The van der Waals surface area contributed by atoms with E-state index < -0.39 is 0 Å². The van der Waals surface area contributed by atoms with E-state index in [-0.39, 0.29) is 5.41 Å². The fraction of sp³-hybridized carbons (Fsp3) is 0.571. The molecule has 3 nitrogen and oxygen atoms in total. The molecule has 0 spiro atoms. The fourth-order valence-corrected chi connectivity index (χ4v) is 1.55. The summed E-state index contributed by atoms with van der Waals surface area (Å²) in [5, 5.41) is 0. The van der Waals surface area contributed by atoms with Gasteiger partial charge in [-0.25, -0.2) is 9.97 Å². The molecular weight excluding hydrogens is 210 g/mol. The van der Waals surface area contributed by atoms with E-state index in [1.54, 1.807) is 0 Å². The maximum atomic E-state index is 5.96. The molecule has 1 fully saturated rings. The lowest BCUT2D eigenvalue weighted by molar-refractivity contribution is 0.571. The second-order valence-corrected chi connectivity index (χ2v) is 5.70. The third-order valence-corrected chi connectivity index (χ3v) is 2.64. The standard InChI is InChI=1S/C14H19N3/c1-9-11(7-8-14(2,3)4)12(15)17-13(16-9)10-5-6-10/h10H,5-6H2,1-4H3,(H2,15,16,17). The van der Waals surface area contributed by atoms with Crippen molar-refractivity contribution >= 4 is 5.82 Å². The maximum Gasteiger partial charge on any atom is 0.143 e. The van der Waals surface area contributed by atoms with Crippen LogP contribution in [0.1, 0.15) is 56.6 Å². The van der Waals surface area contributed by atoms with Gasteiger partial charge in [0.25, 0.3) is 0 Å². The largest absolute Gasteiger partial charge is 0.383 e. The third kappa shape index (κ3) is 2.97. The molecule has 0 radical (unpaired) electrons. The predicted molar refractivity (Wildman–Crippen MR) is 69.5 cm³/mol. The van der Waals surface area contributed by atoms with E-state index >= 15 is 0 Å². The minimum atomic E-state index is -0.0337. The van der Waals surface area contributed by atoms with Crippen LogP contribution in [0.25, 0.3) is 0 Å². The van der Waals surface area contributed by atoms with Crippen molar-refractivity contribution in [3.63, 3.8) is 0 Å². The van der Waals surface area contributed by atoms with Crippen LogP contribution < -0.4 is 5.73 Å². The molecule has 90 valence electrons. The second-order valence-electron chi connectivity index (χ2n) is 5.70. The summed E-state index contributed by atoms with van der Waals surface area (Å²) in [6.45, 7) is 8.18. The van der Waals surface area contributed by atoms with Crippen molar-refractivity contribution < 1.29 is 0 Å². The zero-order valence-electron chi connectivity index (χ0n) is 11.0. The minimum absolute atomic E-state index is 0.0337. The van der Waals surface area contributed by atoms with Crippen molar-refractivity contribution in [2.45, 2.75) is 46.5 Å². The summed E-state index contributed by atoms with van der Waals surface area (Å²) in [6.07, 6.45) is 2.37. The monoisotopic (exact) mass is 229 g/mol. The predicted octanol–water partition coefficient (Wildman–Crippen LogP) is 2.64. The van der Waals surface area contributed by atoms with Crippen LogP contribution >= 0.6 is 0 Å². The van der Waals surface area contributed by atoms with Crippen LogP contribution in [0.3, 0.4) is 0 Å². The molecule has 2 rings (SSSR count). The summed E-state index contributed by atoms with van der Waals surface area (Å²) in [7, 11) is 0. The lowest BCUT2D eigenvalue weighted by Crippen LogP contribution is -2.06. The Morgan fingerprint density at radius 3 is 2.35 bits per heavy atom. The number of nitrogens with two attached hydrogens (primary N) is 1. The summed E-state index contributed by atoms with van der Waals surface area (Å²) in [4.78, 5) is 8.86. The SMILES string of the molecule is Cc1nc(C2CC2)nc(N)c1C#CC(C)(C)C. The van der Waals surface area contributed by atoms with Gasteiger partial charge >= 0.3 is 0 Å². The summed E-state index contributed by atoms with van der Waals surface area (Å²) >= 11 is 0. The Morgan fingerprint density at radius 1 is 1.24 bits per heavy atom. The highest BCUT2D eigenvalue weighted by molar-refractivity contribution is 5.53. The maximum absolute atomic E-state index is 5.96. The number of nitrogens with zero attached hydrogens (tertiary/aromatic N) is 2. The lowest BCUT2D eigenvalue weighted by Gasteiger charge is -2.08. The number of hydrogen-bond donors (Lipinski definition) is 1. The number of anilines is 1. The van der Waals surface area contributed by atoms with Crippen molar-refractivity contribution in [1.82, 2.24) is 9.97 Å². The van der Waals surface area contributed by atoms with Crippen molar-refractivity contribution in [2.75, 3.05) is 5.73 Å². The highest BCUT2D eigenvalue weighted by Gasteiger charge is 2.27. The van der Waals surface area contributed by atoms with E-state index in [0.717, 1.165) is 17.1 Å².